The minimum absolute atomic E-state index is 0.205. The number of hydrogen-bond acceptors (Lipinski definition) is 2. The van der Waals surface area contributed by atoms with E-state index in [0.717, 1.165) is 11.2 Å². The van der Waals surface area contributed by atoms with E-state index in [1.807, 2.05) is 6.07 Å². The number of para-hydroxylation sites is 1. The van der Waals surface area contributed by atoms with Crippen LogP contribution in [0.2, 0.25) is 0 Å². The second kappa shape index (κ2) is 6.78. The van der Waals surface area contributed by atoms with Crippen molar-refractivity contribution in [1.82, 2.24) is 4.98 Å². The molecule has 1 aliphatic carbocycles. The average Bonchev–Trinajstić information content (AvgIpc) is 2.66. The third-order valence-corrected chi connectivity index (χ3v) is 5.40. The summed E-state index contributed by atoms with van der Waals surface area (Å²) in [5, 5.41) is 1.48. The predicted octanol–water partition coefficient (Wildman–Crippen LogP) is 4.13. The van der Waals surface area contributed by atoms with E-state index >= 15 is 0 Å². The lowest BCUT2D eigenvalue weighted by atomic mass is 9.58. The first-order valence-corrected chi connectivity index (χ1v) is 8.95. The molecule has 0 unspecified atom stereocenters. The molecule has 2 aromatic rings. The van der Waals surface area contributed by atoms with Crippen LogP contribution in [-0.2, 0) is 5.31 Å². The lowest BCUT2D eigenvalue weighted by molar-refractivity contribution is 0.484. The van der Waals surface area contributed by atoms with E-state index in [1.165, 1.54) is 62.3 Å². The van der Waals surface area contributed by atoms with Crippen molar-refractivity contribution in [2.24, 2.45) is 5.73 Å². The molecule has 1 aliphatic rings. The minimum Gasteiger partial charge on any atom is -0.397 e. The van der Waals surface area contributed by atoms with E-state index < -0.39 is 0 Å². The van der Waals surface area contributed by atoms with Crippen molar-refractivity contribution in [3.8, 4) is 0 Å². The molecule has 0 amide bonds. The second-order valence-electron chi connectivity index (χ2n) is 7.28. The maximum absolute atomic E-state index is 5.97. The molecule has 23 heavy (non-hydrogen) atoms. The maximum Gasteiger partial charge on any atom is 0.115 e. The van der Waals surface area contributed by atoms with Crippen LogP contribution in [0.5, 0.6) is 0 Å². The molecule has 0 bridgehead atoms. The van der Waals surface area contributed by atoms with E-state index in [2.05, 4.69) is 38.7 Å². The Balaban J connectivity index is 2.13. The Hall–Kier alpha value is -1.77. The fourth-order valence-electron chi connectivity index (χ4n) is 3.97. The van der Waals surface area contributed by atoms with Gasteiger partial charge in [-0.15, -0.1) is 0 Å². The maximum atomic E-state index is 5.97. The van der Waals surface area contributed by atoms with Gasteiger partial charge in [0.1, 0.15) is 7.85 Å². The average molecular weight is 306 g/mol. The van der Waals surface area contributed by atoms with Gasteiger partial charge < -0.3 is 5.73 Å². The van der Waals surface area contributed by atoms with Gasteiger partial charge in [-0.2, -0.15) is 0 Å². The highest BCUT2D eigenvalue weighted by Crippen LogP contribution is 2.38. The van der Waals surface area contributed by atoms with Crippen molar-refractivity contribution in [1.29, 1.82) is 0 Å². The van der Waals surface area contributed by atoms with E-state index in [-0.39, 0.29) is 5.31 Å². The number of aromatic nitrogens is 1. The summed E-state index contributed by atoms with van der Waals surface area (Å²) in [7, 11) is 2.43. The van der Waals surface area contributed by atoms with Gasteiger partial charge in [-0.05, 0) is 23.0 Å². The molecular weight excluding hydrogens is 279 g/mol. The summed E-state index contributed by atoms with van der Waals surface area (Å²) >= 11 is 0. The van der Waals surface area contributed by atoms with Gasteiger partial charge >= 0.3 is 0 Å². The molecule has 0 spiro atoms. The molecular formula is C20H27BN2. The standard InChI is InChI=1S/C20H27BN2/c1-15(22)19-14-17(16-10-6-7-11-18(16)23-19)20(21)12-8-4-2-3-5-9-13-20/h6-7,10-11,14H,1-5,8-9,12-13,21-22H2. The molecule has 1 fully saturated rings. The highest BCUT2D eigenvalue weighted by molar-refractivity contribution is 6.17. The number of nitrogens with two attached hydrogens (primary N) is 1. The van der Waals surface area contributed by atoms with Crippen molar-refractivity contribution in [3.05, 3.63) is 48.2 Å². The van der Waals surface area contributed by atoms with Crippen LogP contribution in [-0.4, -0.2) is 12.8 Å². The summed E-state index contributed by atoms with van der Waals surface area (Å²) in [5.41, 5.74) is 9.81. The van der Waals surface area contributed by atoms with Gasteiger partial charge in [-0.1, -0.05) is 76.1 Å². The quantitative estimate of drug-likeness (QED) is 0.847. The summed E-state index contributed by atoms with van der Waals surface area (Å²) in [4.78, 5) is 4.70. The van der Waals surface area contributed by atoms with Gasteiger partial charge in [0.2, 0.25) is 0 Å². The SMILES string of the molecule is BC1(c2cc(C(=C)N)nc3ccccc23)CCCCCCCC1. The van der Waals surface area contributed by atoms with Crippen molar-refractivity contribution >= 4 is 24.4 Å². The fourth-order valence-corrected chi connectivity index (χ4v) is 3.97. The van der Waals surface area contributed by atoms with Crippen LogP contribution >= 0.6 is 0 Å². The van der Waals surface area contributed by atoms with Crippen LogP contribution in [0, 0.1) is 0 Å². The van der Waals surface area contributed by atoms with Crippen LogP contribution in [0.1, 0.15) is 62.6 Å². The molecule has 3 rings (SSSR count). The van der Waals surface area contributed by atoms with Crippen LogP contribution in [0.15, 0.2) is 36.9 Å². The molecule has 3 heteroatoms. The molecule has 0 saturated heterocycles. The van der Waals surface area contributed by atoms with Gasteiger partial charge in [0.05, 0.1) is 16.9 Å². The van der Waals surface area contributed by atoms with Crippen LogP contribution in [0.4, 0.5) is 0 Å². The van der Waals surface area contributed by atoms with Crippen molar-refractivity contribution in [2.45, 2.75) is 56.7 Å². The molecule has 0 atom stereocenters. The zero-order valence-electron chi connectivity index (χ0n) is 14.3. The zero-order valence-corrected chi connectivity index (χ0v) is 14.3. The topological polar surface area (TPSA) is 38.9 Å². The summed E-state index contributed by atoms with van der Waals surface area (Å²) in [6, 6.07) is 10.7. The first-order valence-electron chi connectivity index (χ1n) is 8.95. The summed E-state index contributed by atoms with van der Waals surface area (Å²) in [5.74, 6) is 0. The Labute approximate surface area is 140 Å². The second-order valence-corrected chi connectivity index (χ2v) is 7.28. The van der Waals surface area contributed by atoms with Crippen LogP contribution in [0.3, 0.4) is 0 Å². The third kappa shape index (κ3) is 3.44. The molecule has 120 valence electrons. The fraction of sp³-hybridized carbons (Fsp3) is 0.450. The molecule has 1 aromatic carbocycles. The van der Waals surface area contributed by atoms with Gasteiger partial charge in [-0.3, -0.25) is 0 Å². The smallest absolute Gasteiger partial charge is 0.115 e. The first-order chi connectivity index (χ1) is 11.1. The largest absolute Gasteiger partial charge is 0.397 e. The summed E-state index contributed by atoms with van der Waals surface area (Å²) < 4.78 is 0. The van der Waals surface area contributed by atoms with Gasteiger partial charge in [0.15, 0.2) is 0 Å². The zero-order chi connectivity index (χ0) is 16.3. The summed E-state index contributed by atoms with van der Waals surface area (Å²) in [6.45, 7) is 3.90. The van der Waals surface area contributed by atoms with E-state index in [9.17, 15) is 0 Å². The molecule has 2 N–H and O–H groups in total. The molecule has 1 saturated carbocycles. The molecule has 1 aromatic heterocycles. The normalized spacial score (nSPS) is 18.8. The third-order valence-electron chi connectivity index (χ3n) is 5.40. The number of hydrogen-bond donors (Lipinski definition) is 1. The number of benzene rings is 1. The predicted molar refractivity (Wildman–Crippen MR) is 102 cm³/mol. The lowest BCUT2D eigenvalue weighted by Crippen LogP contribution is -2.27. The van der Waals surface area contributed by atoms with Crippen LogP contribution < -0.4 is 5.73 Å². The highest BCUT2D eigenvalue weighted by atomic mass is 14.8. The summed E-state index contributed by atoms with van der Waals surface area (Å²) in [6.07, 6.45) is 10.6. The van der Waals surface area contributed by atoms with Gasteiger partial charge in [0, 0.05) is 5.39 Å². The highest BCUT2D eigenvalue weighted by Gasteiger charge is 2.29. The minimum atomic E-state index is 0.205. The Morgan fingerprint density at radius 2 is 1.65 bits per heavy atom. The number of rotatable bonds is 2. The lowest BCUT2D eigenvalue weighted by Gasteiger charge is -2.32. The van der Waals surface area contributed by atoms with E-state index in [0.29, 0.717) is 5.70 Å². The first kappa shape index (κ1) is 16.1. The van der Waals surface area contributed by atoms with Crippen molar-refractivity contribution < 1.29 is 0 Å². The molecule has 1 heterocycles. The number of pyridine rings is 1. The number of fused-ring (bicyclic) bond motifs is 1. The Morgan fingerprint density at radius 1 is 1.04 bits per heavy atom. The monoisotopic (exact) mass is 306 g/mol. The molecule has 0 radical (unpaired) electrons. The Bertz CT molecular complexity index is 698. The molecule has 0 aliphatic heterocycles. The van der Waals surface area contributed by atoms with E-state index in [1.54, 1.807) is 0 Å². The van der Waals surface area contributed by atoms with Crippen molar-refractivity contribution in [3.63, 3.8) is 0 Å². The van der Waals surface area contributed by atoms with E-state index in [4.69, 9.17) is 10.7 Å². The number of nitrogens with zero attached hydrogens (tertiary/aromatic N) is 1. The Kier molecular flexibility index (Phi) is 4.75. The van der Waals surface area contributed by atoms with Gasteiger partial charge in [0.25, 0.3) is 0 Å². The Morgan fingerprint density at radius 3 is 2.30 bits per heavy atom. The van der Waals surface area contributed by atoms with Crippen molar-refractivity contribution in [2.75, 3.05) is 0 Å². The van der Waals surface area contributed by atoms with Gasteiger partial charge in [-0.25, -0.2) is 4.98 Å². The van der Waals surface area contributed by atoms with Crippen LogP contribution in [0.25, 0.3) is 16.6 Å². The molecule has 2 nitrogen and oxygen atoms in total.